The van der Waals surface area contributed by atoms with E-state index in [0.717, 1.165) is 44.7 Å². The zero-order valence-corrected chi connectivity index (χ0v) is 10.6. The number of nitrogens with one attached hydrogen (secondary N) is 1. The molecule has 0 amide bonds. The molecule has 1 N–H and O–H groups in total. The van der Waals surface area contributed by atoms with E-state index in [1.165, 1.54) is 0 Å². The summed E-state index contributed by atoms with van der Waals surface area (Å²) in [5.74, 6) is 1.37. The number of hydrogen-bond donors (Lipinski definition) is 1. The molecule has 0 radical (unpaired) electrons. The highest BCUT2D eigenvalue weighted by molar-refractivity contribution is 4.89. The molecule has 0 saturated carbocycles. The molecule has 2 rings (SSSR count). The van der Waals surface area contributed by atoms with Gasteiger partial charge in [-0.15, -0.1) is 10.2 Å². The molecule has 1 aromatic heterocycles. The predicted octanol–water partition coefficient (Wildman–Crippen LogP) is 1.85. The normalized spacial score (nSPS) is 20.3. The minimum atomic E-state index is 0.0324. The Kier molecular flexibility index (Phi) is 4.50. The van der Waals surface area contributed by atoms with E-state index in [-0.39, 0.29) is 6.10 Å². The molecule has 96 valence electrons. The molecule has 2 heterocycles. The fourth-order valence-electron chi connectivity index (χ4n) is 1.90. The number of nitrogens with zero attached hydrogens (tertiary/aromatic N) is 2. The van der Waals surface area contributed by atoms with E-state index >= 15 is 0 Å². The van der Waals surface area contributed by atoms with Gasteiger partial charge in [-0.05, 0) is 25.8 Å². The van der Waals surface area contributed by atoms with Gasteiger partial charge in [-0.3, -0.25) is 0 Å². The largest absolute Gasteiger partial charge is 0.422 e. The van der Waals surface area contributed by atoms with Crippen LogP contribution in [0.2, 0.25) is 0 Å². The molecule has 0 spiro atoms. The first-order chi connectivity index (χ1) is 8.25. The Hall–Kier alpha value is -0.940. The quantitative estimate of drug-likeness (QED) is 0.768. The van der Waals surface area contributed by atoms with Crippen LogP contribution in [-0.2, 0) is 11.2 Å². The topological polar surface area (TPSA) is 60.2 Å². The van der Waals surface area contributed by atoms with Crippen molar-refractivity contribution in [2.75, 3.05) is 13.2 Å². The van der Waals surface area contributed by atoms with Crippen molar-refractivity contribution in [3.8, 4) is 0 Å². The zero-order chi connectivity index (χ0) is 12.1. The van der Waals surface area contributed by atoms with E-state index in [1.54, 1.807) is 0 Å². The molecular weight excluding hydrogens is 218 g/mol. The molecule has 0 aromatic carbocycles. The molecule has 17 heavy (non-hydrogen) atoms. The second-order valence-corrected chi connectivity index (χ2v) is 4.75. The van der Waals surface area contributed by atoms with Crippen molar-refractivity contribution in [1.82, 2.24) is 15.5 Å². The summed E-state index contributed by atoms with van der Waals surface area (Å²) in [5, 5.41) is 11.5. The molecule has 1 fully saturated rings. The lowest BCUT2D eigenvalue weighted by atomic mass is 10.2. The van der Waals surface area contributed by atoms with Crippen LogP contribution in [0.25, 0.3) is 0 Å². The lowest BCUT2D eigenvalue weighted by molar-refractivity contribution is 0.0880. The summed E-state index contributed by atoms with van der Waals surface area (Å²) in [7, 11) is 0. The van der Waals surface area contributed by atoms with Crippen molar-refractivity contribution in [2.24, 2.45) is 0 Å². The molecule has 1 aliphatic heterocycles. The highest BCUT2D eigenvalue weighted by atomic mass is 16.5. The standard InChI is InChI=1S/C12H21N3O2/c1-9(2)13-7-3-6-11-14-15-12(17-11)10-5-4-8-16-10/h9-10,13H,3-8H2,1-2H3. The van der Waals surface area contributed by atoms with Gasteiger partial charge in [-0.1, -0.05) is 13.8 Å². The zero-order valence-electron chi connectivity index (χ0n) is 10.6. The Morgan fingerprint density at radius 2 is 2.29 bits per heavy atom. The molecule has 1 saturated heterocycles. The monoisotopic (exact) mass is 239 g/mol. The fraction of sp³-hybridized carbons (Fsp3) is 0.833. The number of rotatable bonds is 6. The van der Waals surface area contributed by atoms with Crippen LogP contribution >= 0.6 is 0 Å². The lowest BCUT2D eigenvalue weighted by Gasteiger charge is -2.05. The van der Waals surface area contributed by atoms with Gasteiger partial charge in [0.05, 0.1) is 0 Å². The molecule has 1 aromatic rings. The van der Waals surface area contributed by atoms with Crippen molar-refractivity contribution >= 4 is 0 Å². The average molecular weight is 239 g/mol. The summed E-state index contributed by atoms with van der Waals surface area (Å²) in [6.07, 6.45) is 3.96. The van der Waals surface area contributed by atoms with Gasteiger partial charge in [-0.2, -0.15) is 0 Å². The number of aromatic nitrogens is 2. The van der Waals surface area contributed by atoms with Crippen molar-refractivity contribution in [3.63, 3.8) is 0 Å². The summed E-state index contributed by atoms with van der Waals surface area (Å²) in [6, 6.07) is 0.528. The first-order valence-corrected chi connectivity index (χ1v) is 6.43. The van der Waals surface area contributed by atoms with Gasteiger partial charge in [0.25, 0.3) is 0 Å². The summed E-state index contributed by atoms with van der Waals surface area (Å²) in [4.78, 5) is 0. The number of hydrogen-bond acceptors (Lipinski definition) is 5. The smallest absolute Gasteiger partial charge is 0.245 e. The van der Waals surface area contributed by atoms with E-state index in [4.69, 9.17) is 9.15 Å². The van der Waals surface area contributed by atoms with E-state index < -0.39 is 0 Å². The van der Waals surface area contributed by atoms with Crippen LogP contribution in [0, 0.1) is 0 Å². The molecule has 1 aliphatic rings. The maximum absolute atomic E-state index is 5.60. The third kappa shape index (κ3) is 3.78. The van der Waals surface area contributed by atoms with E-state index in [1.807, 2.05) is 0 Å². The van der Waals surface area contributed by atoms with E-state index in [9.17, 15) is 0 Å². The first-order valence-electron chi connectivity index (χ1n) is 6.43. The maximum atomic E-state index is 5.60. The van der Waals surface area contributed by atoms with Gasteiger partial charge in [0.15, 0.2) is 0 Å². The Labute approximate surface area is 102 Å². The van der Waals surface area contributed by atoms with Crippen LogP contribution in [-0.4, -0.2) is 29.4 Å². The first kappa shape index (κ1) is 12.5. The molecule has 1 atom stereocenters. The van der Waals surface area contributed by atoms with Crippen molar-refractivity contribution in [3.05, 3.63) is 11.8 Å². The minimum absolute atomic E-state index is 0.0324. The summed E-state index contributed by atoms with van der Waals surface area (Å²) < 4.78 is 11.1. The van der Waals surface area contributed by atoms with Crippen LogP contribution < -0.4 is 5.32 Å². The Morgan fingerprint density at radius 3 is 3.00 bits per heavy atom. The summed E-state index contributed by atoms with van der Waals surface area (Å²) >= 11 is 0. The highest BCUT2D eigenvalue weighted by Crippen LogP contribution is 2.27. The number of aryl methyl sites for hydroxylation is 1. The fourth-order valence-corrected chi connectivity index (χ4v) is 1.90. The van der Waals surface area contributed by atoms with Crippen LogP contribution in [0.3, 0.4) is 0 Å². The van der Waals surface area contributed by atoms with Gasteiger partial charge < -0.3 is 14.5 Å². The second kappa shape index (κ2) is 6.12. The van der Waals surface area contributed by atoms with Crippen molar-refractivity contribution < 1.29 is 9.15 Å². The average Bonchev–Trinajstić information content (AvgIpc) is 2.94. The van der Waals surface area contributed by atoms with Crippen LogP contribution in [0.5, 0.6) is 0 Å². The number of ether oxygens (including phenoxy) is 1. The van der Waals surface area contributed by atoms with Gasteiger partial charge in [0, 0.05) is 19.1 Å². The molecule has 0 aliphatic carbocycles. The molecule has 1 unspecified atom stereocenters. The third-order valence-corrected chi connectivity index (χ3v) is 2.81. The Bertz CT molecular complexity index is 332. The Morgan fingerprint density at radius 1 is 1.41 bits per heavy atom. The summed E-state index contributed by atoms with van der Waals surface area (Å²) in [5.41, 5.74) is 0. The third-order valence-electron chi connectivity index (χ3n) is 2.81. The maximum Gasteiger partial charge on any atom is 0.245 e. The summed E-state index contributed by atoms with van der Waals surface area (Å²) in [6.45, 7) is 6.07. The van der Waals surface area contributed by atoms with Crippen LogP contribution in [0.15, 0.2) is 4.42 Å². The van der Waals surface area contributed by atoms with E-state index in [2.05, 4.69) is 29.4 Å². The van der Waals surface area contributed by atoms with Gasteiger partial charge in [0.2, 0.25) is 11.8 Å². The molecule has 5 heteroatoms. The molecule has 5 nitrogen and oxygen atoms in total. The van der Waals surface area contributed by atoms with Crippen LogP contribution in [0.1, 0.15) is 51.0 Å². The minimum Gasteiger partial charge on any atom is -0.422 e. The Balaban J connectivity index is 1.74. The second-order valence-electron chi connectivity index (χ2n) is 4.75. The molecule has 0 bridgehead atoms. The lowest BCUT2D eigenvalue weighted by Crippen LogP contribution is -2.23. The van der Waals surface area contributed by atoms with E-state index in [0.29, 0.717) is 11.9 Å². The SMILES string of the molecule is CC(C)NCCCc1nnc(C2CCCO2)o1. The van der Waals surface area contributed by atoms with Gasteiger partial charge >= 0.3 is 0 Å². The van der Waals surface area contributed by atoms with Crippen molar-refractivity contribution in [1.29, 1.82) is 0 Å². The van der Waals surface area contributed by atoms with Gasteiger partial charge in [0.1, 0.15) is 6.10 Å². The van der Waals surface area contributed by atoms with Crippen LogP contribution in [0.4, 0.5) is 0 Å². The van der Waals surface area contributed by atoms with Gasteiger partial charge in [-0.25, -0.2) is 0 Å². The highest BCUT2D eigenvalue weighted by Gasteiger charge is 2.23. The predicted molar refractivity (Wildman–Crippen MR) is 63.7 cm³/mol. The molecular formula is C12H21N3O2. The van der Waals surface area contributed by atoms with Crippen molar-refractivity contribution in [2.45, 2.75) is 51.7 Å².